The van der Waals surface area contributed by atoms with E-state index in [4.69, 9.17) is 4.74 Å². The van der Waals surface area contributed by atoms with Gasteiger partial charge in [0.1, 0.15) is 12.3 Å². The summed E-state index contributed by atoms with van der Waals surface area (Å²) in [6.45, 7) is 0.140. The fraction of sp³-hybridized carbons (Fsp3) is 0.438. The minimum absolute atomic E-state index is 0.140. The van der Waals surface area contributed by atoms with Crippen LogP contribution < -0.4 is 16.1 Å². The summed E-state index contributed by atoms with van der Waals surface area (Å²) in [4.78, 5) is 22.9. The van der Waals surface area contributed by atoms with E-state index in [0.29, 0.717) is 11.4 Å². The third kappa shape index (κ3) is 4.21. The van der Waals surface area contributed by atoms with E-state index in [2.05, 4.69) is 21.2 Å². The van der Waals surface area contributed by atoms with Crippen LogP contribution in [0.1, 0.15) is 37.7 Å². The van der Waals surface area contributed by atoms with Gasteiger partial charge in [-0.3, -0.25) is 0 Å². The largest absolute Gasteiger partial charge is 0.442 e. The maximum atomic E-state index is 12.0. The molecule has 23 heavy (non-hydrogen) atoms. The van der Waals surface area contributed by atoms with Gasteiger partial charge in [-0.15, -0.1) is 0 Å². The molecule has 122 valence electrons. The van der Waals surface area contributed by atoms with E-state index in [1.807, 2.05) is 12.1 Å². The number of nitrogens with zero attached hydrogens (tertiary/aromatic N) is 1. The van der Waals surface area contributed by atoms with Crippen LogP contribution in [0.5, 0.6) is 0 Å². The van der Waals surface area contributed by atoms with Crippen molar-refractivity contribution in [1.29, 1.82) is 0 Å². The standard InChI is InChI=1S/C16H20N4O3/c21-15(17-12-4-2-1-3-5-12)18-13-8-6-11(7-9-13)14-10-23-16(22)20-19-14/h6-9,12H,1-5,10H2,(H,20,22)(H2,17,18,21). The van der Waals surface area contributed by atoms with Gasteiger partial charge in [-0.25, -0.2) is 15.0 Å². The van der Waals surface area contributed by atoms with E-state index in [1.165, 1.54) is 19.3 Å². The fourth-order valence-electron chi connectivity index (χ4n) is 2.80. The van der Waals surface area contributed by atoms with Gasteiger partial charge in [-0.2, -0.15) is 5.10 Å². The molecule has 1 aromatic rings. The van der Waals surface area contributed by atoms with Crippen molar-refractivity contribution in [2.45, 2.75) is 38.1 Å². The first-order valence-electron chi connectivity index (χ1n) is 7.88. The monoisotopic (exact) mass is 316 g/mol. The van der Waals surface area contributed by atoms with Crippen LogP contribution in [0.3, 0.4) is 0 Å². The van der Waals surface area contributed by atoms with Crippen molar-refractivity contribution in [3.05, 3.63) is 29.8 Å². The van der Waals surface area contributed by atoms with Gasteiger partial charge in [0.05, 0.1) is 0 Å². The zero-order valence-electron chi connectivity index (χ0n) is 12.8. The van der Waals surface area contributed by atoms with Crippen LogP contribution in [0.2, 0.25) is 0 Å². The van der Waals surface area contributed by atoms with Crippen molar-refractivity contribution in [3.63, 3.8) is 0 Å². The Morgan fingerprint density at radius 3 is 2.57 bits per heavy atom. The van der Waals surface area contributed by atoms with E-state index in [1.54, 1.807) is 12.1 Å². The number of nitrogens with one attached hydrogen (secondary N) is 3. The van der Waals surface area contributed by atoms with E-state index in [-0.39, 0.29) is 18.7 Å². The number of hydrogen-bond donors (Lipinski definition) is 3. The lowest BCUT2D eigenvalue weighted by Gasteiger charge is -2.22. The summed E-state index contributed by atoms with van der Waals surface area (Å²) in [5, 5.41) is 9.79. The normalized spacial score (nSPS) is 18.4. The molecule has 7 nitrogen and oxygen atoms in total. The molecule has 0 bridgehead atoms. The molecular weight excluding hydrogens is 296 g/mol. The van der Waals surface area contributed by atoms with Crippen LogP contribution in [-0.2, 0) is 4.74 Å². The highest BCUT2D eigenvalue weighted by Gasteiger charge is 2.16. The van der Waals surface area contributed by atoms with E-state index < -0.39 is 6.09 Å². The molecule has 1 saturated carbocycles. The van der Waals surface area contributed by atoms with Crippen molar-refractivity contribution in [2.24, 2.45) is 5.10 Å². The van der Waals surface area contributed by atoms with Crippen molar-refractivity contribution in [2.75, 3.05) is 11.9 Å². The van der Waals surface area contributed by atoms with Crippen LogP contribution in [0.15, 0.2) is 29.4 Å². The average Bonchev–Trinajstić information content (AvgIpc) is 2.57. The highest BCUT2D eigenvalue weighted by Crippen LogP contribution is 2.18. The van der Waals surface area contributed by atoms with Crippen LogP contribution in [0.4, 0.5) is 15.3 Å². The number of carbonyl (C=O) groups is 2. The molecule has 3 N–H and O–H groups in total. The molecule has 3 amide bonds. The molecule has 2 aliphatic rings. The Labute approximate surface area is 134 Å². The molecule has 1 heterocycles. The number of ether oxygens (including phenoxy) is 1. The fourth-order valence-corrected chi connectivity index (χ4v) is 2.80. The van der Waals surface area contributed by atoms with E-state index in [0.717, 1.165) is 18.4 Å². The molecule has 1 aromatic carbocycles. The summed E-state index contributed by atoms with van der Waals surface area (Å²) in [6, 6.07) is 7.37. The lowest BCUT2D eigenvalue weighted by Crippen LogP contribution is -2.39. The smallest absolute Gasteiger partial charge is 0.428 e. The molecule has 3 rings (SSSR count). The van der Waals surface area contributed by atoms with Gasteiger partial charge in [-0.1, -0.05) is 31.4 Å². The number of hydrazone groups is 1. The first-order valence-corrected chi connectivity index (χ1v) is 7.88. The number of anilines is 1. The third-order valence-electron chi connectivity index (χ3n) is 4.04. The molecule has 0 radical (unpaired) electrons. The Kier molecular flexibility index (Phi) is 4.75. The zero-order valence-corrected chi connectivity index (χ0v) is 12.8. The second kappa shape index (κ2) is 7.13. The third-order valence-corrected chi connectivity index (χ3v) is 4.04. The molecule has 1 aliphatic carbocycles. The molecule has 0 saturated heterocycles. The maximum Gasteiger partial charge on any atom is 0.428 e. The number of amides is 3. The lowest BCUT2D eigenvalue weighted by atomic mass is 9.96. The molecule has 0 unspecified atom stereocenters. The Balaban J connectivity index is 1.54. The highest BCUT2D eigenvalue weighted by atomic mass is 16.6. The number of cyclic esters (lactones) is 1. The summed E-state index contributed by atoms with van der Waals surface area (Å²) < 4.78 is 4.86. The van der Waals surface area contributed by atoms with Gasteiger partial charge in [-0.05, 0) is 25.0 Å². The van der Waals surface area contributed by atoms with Crippen molar-refractivity contribution < 1.29 is 14.3 Å². The summed E-state index contributed by atoms with van der Waals surface area (Å²) in [6.07, 6.45) is 5.18. The predicted molar refractivity (Wildman–Crippen MR) is 86.5 cm³/mol. The molecule has 0 spiro atoms. The van der Waals surface area contributed by atoms with Gasteiger partial charge < -0.3 is 15.4 Å². The second-order valence-corrected chi connectivity index (χ2v) is 5.76. The van der Waals surface area contributed by atoms with Gasteiger partial charge in [0.25, 0.3) is 0 Å². The van der Waals surface area contributed by atoms with Gasteiger partial charge in [0.15, 0.2) is 0 Å². The van der Waals surface area contributed by atoms with Gasteiger partial charge in [0, 0.05) is 17.3 Å². The highest BCUT2D eigenvalue weighted by molar-refractivity contribution is 6.04. The van der Waals surface area contributed by atoms with Gasteiger partial charge in [0.2, 0.25) is 0 Å². The van der Waals surface area contributed by atoms with Gasteiger partial charge >= 0.3 is 12.1 Å². The second-order valence-electron chi connectivity index (χ2n) is 5.76. The number of carbonyl (C=O) groups excluding carboxylic acids is 2. The molecule has 0 aromatic heterocycles. The number of hydrogen-bond acceptors (Lipinski definition) is 4. The zero-order chi connectivity index (χ0) is 16.1. The average molecular weight is 316 g/mol. The first-order chi connectivity index (χ1) is 11.2. The Hall–Kier alpha value is -2.57. The maximum absolute atomic E-state index is 12.0. The van der Waals surface area contributed by atoms with E-state index >= 15 is 0 Å². The Morgan fingerprint density at radius 2 is 1.91 bits per heavy atom. The van der Waals surface area contributed by atoms with E-state index in [9.17, 15) is 9.59 Å². The Morgan fingerprint density at radius 1 is 1.17 bits per heavy atom. The number of benzene rings is 1. The van der Waals surface area contributed by atoms with Crippen LogP contribution in [0, 0.1) is 0 Å². The molecule has 0 atom stereocenters. The van der Waals surface area contributed by atoms with Crippen molar-refractivity contribution in [1.82, 2.24) is 10.7 Å². The van der Waals surface area contributed by atoms with Crippen LogP contribution >= 0.6 is 0 Å². The topological polar surface area (TPSA) is 91.8 Å². The summed E-state index contributed by atoms with van der Waals surface area (Å²) in [5.41, 5.74) is 4.46. The van der Waals surface area contributed by atoms with Crippen molar-refractivity contribution >= 4 is 23.5 Å². The first kappa shape index (κ1) is 15.3. The Bertz CT molecular complexity index is 606. The summed E-state index contributed by atoms with van der Waals surface area (Å²) in [5.74, 6) is 0. The van der Waals surface area contributed by atoms with Crippen molar-refractivity contribution in [3.8, 4) is 0 Å². The van der Waals surface area contributed by atoms with Crippen LogP contribution in [-0.4, -0.2) is 30.5 Å². The number of rotatable bonds is 3. The SMILES string of the molecule is O=C(Nc1ccc(C2=NNC(=O)OC2)cc1)NC1CCCCC1. The lowest BCUT2D eigenvalue weighted by molar-refractivity contribution is 0.157. The summed E-state index contributed by atoms with van der Waals surface area (Å²) >= 11 is 0. The predicted octanol–water partition coefficient (Wildman–Crippen LogP) is 2.58. The summed E-state index contributed by atoms with van der Waals surface area (Å²) in [7, 11) is 0. The molecule has 1 fully saturated rings. The quantitative estimate of drug-likeness (QED) is 0.800. The van der Waals surface area contributed by atoms with Crippen LogP contribution in [0.25, 0.3) is 0 Å². The minimum atomic E-state index is -0.550. The molecule has 1 aliphatic heterocycles. The number of urea groups is 1. The molecular formula is C16H20N4O3. The minimum Gasteiger partial charge on any atom is -0.442 e. The molecule has 7 heteroatoms.